The first-order valence-corrected chi connectivity index (χ1v) is 7.63. The molecule has 7 nitrogen and oxygen atoms in total. The van der Waals surface area contributed by atoms with Crippen LogP contribution in [0.1, 0.15) is 27.5 Å². The Hall–Kier alpha value is -3.17. The summed E-state index contributed by atoms with van der Waals surface area (Å²) in [6, 6.07) is 6.32. The van der Waals surface area contributed by atoms with Crippen LogP contribution in [-0.2, 0) is 9.53 Å². The average Bonchev–Trinajstić information content (AvgIpc) is 2.66. The van der Waals surface area contributed by atoms with E-state index >= 15 is 0 Å². The molecule has 1 aromatic heterocycles. The van der Waals surface area contributed by atoms with Crippen molar-refractivity contribution in [1.82, 2.24) is 9.97 Å². The number of ether oxygens (including phenoxy) is 2. The summed E-state index contributed by atoms with van der Waals surface area (Å²) in [6.45, 7) is -1.36. The lowest BCUT2D eigenvalue weighted by Crippen LogP contribution is -2.24. The summed E-state index contributed by atoms with van der Waals surface area (Å²) < 4.78 is 47.1. The van der Waals surface area contributed by atoms with E-state index in [1.165, 1.54) is 7.11 Å². The lowest BCUT2D eigenvalue weighted by Gasteiger charge is -2.17. The molecule has 0 spiro atoms. The van der Waals surface area contributed by atoms with Crippen molar-refractivity contribution in [3.63, 3.8) is 0 Å². The van der Waals surface area contributed by atoms with Crippen molar-refractivity contribution in [2.45, 2.75) is 12.1 Å². The van der Waals surface area contributed by atoms with Crippen molar-refractivity contribution < 1.29 is 32.2 Å². The van der Waals surface area contributed by atoms with Crippen LogP contribution in [0.3, 0.4) is 0 Å². The Labute approximate surface area is 152 Å². The standard InChI is InChI=1S/C17H16F3N3O4/c1-26-12-5-3-10(4-6-12)13(15(25)27-2)14-11(8-24)7-21-16(23-14)22-9-17(18,19)20/h3-8,13H,9H2,1-2H3,(H,21,22,23). The van der Waals surface area contributed by atoms with E-state index in [2.05, 4.69) is 9.97 Å². The van der Waals surface area contributed by atoms with Gasteiger partial charge in [0.05, 0.1) is 25.5 Å². The van der Waals surface area contributed by atoms with Crippen LogP contribution in [0.5, 0.6) is 5.75 Å². The minimum Gasteiger partial charge on any atom is -0.497 e. The number of nitrogens with zero attached hydrogens (tertiary/aromatic N) is 2. The molecule has 0 radical (unpaired) electrons. The van der Waals surface area contributed by atoms with Crippen molar-refractivity contribution >= 4 is 18.2 Å². The van der Waals surface area contributed by atoms with Crippen molar-refractivity contribution in [3.8, 4) is 5.75 Å². The molecule has 1 N–H and O–H groups in total. The summed E-state index contributed by atoms with van der Waals surface area (Å²) in [5, 5.41) is 2.02. The lowest BCUT2D eigenvalue weighted by atomic mass is 9.93. The van der Waals surface area contributed by atoms with Crippen LogP contribution in [0.2, 0.25) is 0 Å². The fourth-order valence-electron chi connectivity index (χ4n) is 2.31. The Bertz CT molecular complexity index is 810. The van der Waals surface area contributed by atoms with Gasteiger partial charge in [0.25, 0.3) is 0 Å². The van der Waals surface area contributed by atoms with Crippen LogP contribution in [-0.4, -0.2) is 49.2 Å². The number of aldehydes is 1. The fourth-order valence-corrected chi connectivity index (χ4v) is 2.31. The number of halogens is 3. The number of esters is 1. The second kappa shape index (κ2) is 8.47. The van der Waals surface area contributed by atoms with Crippen LogP contribution in [0, 0.1) is 0 Å². The number of hydrogen-bond acceptors (Lipinski definition) is 7. The second-order valence-corrected chi connectivity index (χ2v) is 5.35. The van der Waals surface area contributed by atoms with Crippen LogP contribution < -0.4 is 10.1 Å². The van der Waals surface area contributed by atoms with Gasteiger partial charge in [0.15, 0.2) is 6.29 Å². The summed E-state index contributed by atoms with van der Waals surface area (Å²) in [5.41, 5.74) is 0.312. The summed E-state index contributed by atoms with van der Waals surface area (Å²) in [5.74, 6) is -1.69. The van der Waals surface area contributed by atoms with Gasteiger partial charge in [-0.15, -0.1) is 0 Å². The zero-order valence-corrected chi connectivity index (χ0v) is 14.4. The molecule has 1 aromatic carbocycles. The van der Waals surface area contributed by atoms with Crippen LogP contribution in [0.15, 0.2) is 30.5 Å². The Kier molecular flexibility index (Phi) is 6.32. The highest BCUT2D eigenvalue weighted by atomic mass is 19.4. The van der Waals surface area contributed by atoms with Gasteiger partial charge >= 0.3 is 12.1 Å². The molecule has 0 fully saturated rings. The number of carbonyl (C=O) groups is 2. The summed E-state index contributed by atoms with van der Waals surface area (Å²) in [4.78, 5) is 31.3. The van der Waals surface area contributed by atoms with E-state index in [1.807, 2.05) is 5.32 Å². The zero-order valence-electron chi connectivity index (χ0n) is 14.4. The van der Waals surface area contributed by atoms with E-state index in [9.17, 15) is 22.8 Å². The molecule has 10 heteroatoms. The van der Waals surface area contributed by atoms with Gasteiger partial charge in [0, 0.05) is 6.20 Å². The molecule has 0 aliphatic heterocycles. The first kappa shape index (κ1) is 20.1. The molecule has 1 heterocycles. The predicted octanol–water partition coefficient (Wildman–Crippen LogP) is 2.58. The Morgan fingerprint density at radius 2 is 1.93 bits per heavy atom. The van der Waals surface area contributed by atoms with Crippen molar-refractivity contribution in [3.05, 3.63) is 47.3 Å². The second-order valence-electron chi connectivity index (χ2n) is 5.35. The highest BCUT2D eigenvalue weighted by Crippen LogP contribution is 2.29. The Morgan fingerprint density at radius 3 is 2.44 bits per heavy atom. The van der Waals surface area contributed by atoms with Gasteiger partial charge < -0.3 is 14.8 Å². The van der Waals surface area contributed by atoms with Gasteiger partial charge in [0.2, 0.25) is 5.95 Å². The van der Waals surface area contributed by atoms with E-state index in [1.54, 1.807) is 24.3 Å². The molecular formula is C17H16F3N3O4. The molecular weight excluding hydrogens is 367 g/mol. The minimum absolute atomic E-state index is 0.0428. The topological polar surface area (TPSA) is 90.4 Å². The third kappa shape index (κ3) is 5.16. The number of hydrogen-bond donors (Lipinski definition) is 1. The maximum Gasteiger partial charge on any atom is 0.405 e. The van der Waals surface area contributed by atoms with Gasteiger partial charge in [0.1, 0.15) is 18.2 Å². The highest BCUT2D eigenvalue weighted by Gasteiger charge is 2.30. The first-order chi connectivity index (χ1) is 12.8. The largest absolute Gasteiger partial charge is 0.497 e. The molecule has 0 bridgehead atoms. The predicted molar refractivity (Wildman–Crippen MR) is 88.8 cm³/mol. The maximum atomic E-state index is 12.4. The zero-order chi connectivity index (χ0) is 20.0. The molecule has 1 atom stereocenters. The number of anilines is 1. The summed E-state index contributed by atoms with van der Waals surface area (Å²) in [6.07, 6.45) is -3.01. The van der Waals surface area contributed by atoms with Crippen LogP contribution in [0.25, 0.3) is 0 Å². The van der Waals surface area contributed by atoms with E-state index in [-0.39, 0.29) is 17.2 Å². The molecule has 0 saturated carbocycles. The van der Waals surface area contributed by atoms with Gasteiger partial charge in [-0.25, -0.2) is 9.97 Å². The van der Waals surface area contributed by atoms with Crippen LogP contribution in [0.4, 0.5) is 19.1 Å². The maximum absolute atomic E-state index is 12.4. The SMILES string of the molecule is COC(=O)C(c1ccc(OC)cc1)c1nc(NCC(F)(F)F)ncc1C=O. The Balaban J connectivity index is 2.49. The number of alkyl halides is 3. The van der Waals surface area contributed by atoms with Gasteiger partial charge in [-0.1, -0.05) is 12.1 Å². The molecule has 0 saturated heterocycles. The number of benzene rings is 1. The van der Waals surface area contributed by atoms with E-state index < -0.39 is 24.6 Å². The number of carbonyl (C=O) groups excluding carboxylic acids is 2. The average molecular weight is 383 g/mol. The monoisotopic (exact) mass is 383 g/mol. The van der Waals surface area contributed by atoms with E-state index in [0.29, 0.717) is 17.6 Å². The molecule has 2 aromatic rings. The first-order valence-electron chi connectivity index (χ1n) is 7.63. The molecule has 2 rings (SSSR count). The number of nitrogens with one attached hydrogen (secondary N) is 1. The minimum atomic E-state index is -4.48. The molecule has 0 amide bonds. The Morgan fingerprint density at radius 1 is 1.26 bits per heavy atom. The van der Waals surface area contributed by atoms with Crippen molar-refractivity contribution in [2.75, 3.05) is 26.1 Å². The quantitative estimate of drug-likeness (QED) is 0.580. The molecule has 0 aliphatic carbocycles. The van der Waals surface area contributed by atoms with Gasteiger partial charge in [-0.2, -0.15) is 13.2 Å². The summed E-state index contributed by atoms with van der Waals surface area (Å²) in [7, 11) is 2.63. The van der Waals surface area contributed by atoms with E-state index in [4.69, 9.17) is 9.47 Å². The number of aromatic nitrogens is 2. The normalized spacial score (nSPS) is 12.2. The number of rotatable bonds is 7. The van der Waals surface area contributed by atoms with Crippen molar-refractivity contribution in [2.24, 2.45) is 0 Å². The molecule has 144 valence electrons. The summed E-state index contributed by atoms with van der Waals surface area (Å²) >= 11 is 0. The lowest BCUT2D eigenvalue weighted by molar-refractivity contribution is -0.141. The smallest absolute Gasteiger partial charge is 0.405 e. The van der Waals surface area contributed by atoms with Crippen molar-refractivity contribution in [1.29, 1.82) is 0 Å². The molecule has 27 heavy (non-hydrogen) atoms. The van der Waals surface area contributed by atoms with Crippen LogP contribution >= 0.6 is 0 Å². The third-order valence-electron chi connectivity index (χ3n) is 3.58. The van der Waals surface area contributed by atoms with E-state index in [0.717, 1.165) is 13.3 Å². The van der Waals surface area contributed by atoms with Gasteiger partial charge in [-0.3, -0.25) is 9.59 Å². The molecule has 1 unspecified atom stereocenters. The number of methoxy groups -OCH3 is 2. The highest BCUT2D eigenvalue weighted by molar-refractivity contribution is 5.86. The fraction of sp³-hybridized carbons (Fsp3) is 0.294. The van der Waals surface area contributed by atoms with Gasteiger partial charge in [-0.05, 0) is 17.7 Å². The molecule has 0 aliphatic rings. The third-order valence-corrected chi connectivity index (χ3v) is 3.58.